The molecule has 3 nitrogen and oxygen atoms in total. The third-order valence-electron chi connectivity index (χ3n) is 4.39. The molecule has 0 aliphatic heterocycles. The lowest BCUT2D eigenvalue weighted by atomic mass is 9.81. The van der Waals surface area contributed by atoms with E-state index >= 15 is 0 Å². The molecule has 1 unspecified atom stereocenters. The van der Waals surface area contributed by atoms with E-state index in [1.807, 2.05) is 13.8 Å². The van der Waals surface area contributed by atoms with Crippen LogP contribution < -0.4 is 11.1 Å². The van der Waals surface area contributed by atoms with Gasteiger partial charge in [0.1, 0.15) is 0 Å². The first kappa shape index (κ1) is 15.0. The lowest BCUT2D eigenvalue weighted by Crippen LogP contribution is -2.50. The lowest BCUT2D eigenvalue weighted by Gasteiger charge is -2.32. The molecule has 1 aromatic rings. The molecule has 20 heavy (non-hydrogen) atoms. The Kier molecular flexibility index (Phi) is 5.18. The van der Waals surface area contributed by atoms with Crippen molar-refractivity contribution in [3.05, 3.63) is 35.9 Å². The van der Waals surface area contributed by atoms with Crippen LogP contribution in [0, 0.1) is 5.92 Å². The molecule has 1 aromatic carbocycles. The quantitative estimate of drug-likeness (QED) is 0.867. The molecule has 0 heterocycles. The number of hydrogen-bond donors (Lipinski definition) is 2. The van der Waals surface area contributed by atoms with Crippen molar-refractivity contribution in [2.24, 2.45) is 11.7 Å². The highest BCUT2D eigenvalue weighted by Gasteiger charge is 2.27. The van der Waals surface area contributed by atoms with Gasteiger partial charge in [-0.1, -0.05) is 44.2 Å². The summed E-state index contributed by atoms with van der Waals surface area (Å²) in [6.07, 6.45) is 4.61. The van der Waals surface area contributed by atoms with Gasteiger partial charge >= 0.3 is 0 Å². The smallest absolute Gasteiger partial charge is 0.234 e. The zero-order valence-electron chi connectivity index (χ0n) is 12.5. The highest BCUT2D eigenvalue weighted by Crippen LogP contribution is 2.32. The van der Waals surface area contributed by atoms with Gasteiger partial charge in [-0.15, -0.1) is 0 Å². The summed E-state index contributed by atoms with van der Waals surface area (Å²) < 4.78 is 0. The van der Waals surface area contributed by atoms with Crippen LogP contribution >= 0.6 is 0 Å². The summed E-state index contributed by atoms with van der Waals surface area (Å²) in [5.41, 5.74) is 6.92. The molecule has 0 radical (unpaired) electrons. The first-order valence-electron chi connectivity index (χ1n) is 7.68. The van der Waals surface area contributed by atoms with Gasteiger partial charge < -0.3 is 11.1 Å². The van der Waals surface area contributed by atoms with Gasteiger partial charge in [0.2, 0.25) is 5.91 Å². The van der Waals surface area contributed by atoms with Crippen LogP contribution in [0.25, 0.3) is 0 Å². The highest BCUT2D eigenvalue weighted by atomic mass is 16.1. The summed E-state index contributed by atoms with van der Waals surface area (Å²) in [6, 6.07) is 11.0. The molecule has 1 amide bonds. The van der Waals surface area contributed by atoms with Crippen LogP contribution in [-0.2, 0) is 4.79 Å². The second kappa shape index (κ2) is 6.89. The number of benzene rings is 1. The maximum atomic E-state index is 11.5. The molecule has 3 heteroatoms. The zero-order chi connectivity index (χ0) is 14.5. The number of nitrogens with two attached hydrogens (primary N) is 1. The first-order chi connectivity index (χ1) is 9.58. The minimum absolute atomic E-state index is 0.201. The molecule has 1 aliphatic carbocycles. The average Bonchev–Trinajstić information content (AvgIpc) is 2.45. The average molecular weight is 274 g/mol. The number of rotatable bonds is 5. The molecule has 0 saturated heterocycles. The van der Waals surface area contributed by atoms with Crippen LogP contribution in [0.15, 0.2) is 30.3 Å². The largest absolute Gasteiger partial charge is 0.368 e. The Balaban J connectivity index is 1.87. The van der Waals surface area contributed by atoms with E-state index < -0.39 is 0 Å². The van der Waals surface area contributed by atoms with E-state index in [0.717, 1.165) is 12.8 Å². The van der Waals surface area contributed by atoms with Crippen LogP contribution in [0.1, 0.15) is 51.0 Å². The lowest BCUT2D eigenvalue weighted by molar-refractivity contribution is -0.121. The van der Waals surface area contributed by atoms with E-state index in [2.05, 4.69) is 35.6 Å². The van der Waals surface area contributed by atoms with Gasteiger partial charge in [0.05, 0.1) is 6.04 Å². The monoisotopic (exact) mass is 274 g/mol. The molecule has 1 fully saturated rings. The SMILES string of the molecule is CC(C)C(NC1CCC(c2ccccc2)CC1)C(N)=O. The topological polar surface area (TPSA) is 55.1 Å². The third kappa shape index (κ3) is 3.83. The van der Waals surface area contributed by atoms with E-state index in [9.17, 15) is 4.79 Å². The molecule has 1 saturated carbocycles. The Morgan fingerprint density at radius 2 is 1.75 bits per heavy atom. The van der Waals surface area contributed by atoms with Gasteiger partial charge in [-0.25, -0.2) is 0 Å². The maximum absolute atomic E-state index is 11.5. The Labute approximate surface area is 121 Å². The normalized spacial score (nSPS) is 24.6. The molecule has 110 valence electrons. The molecule has 1 aliphatic rings. The van der Waals surface area contributed by atoms with Gasteiger partial charge in [0.15, 0.2) is 0 Å². The second-order valence-electron chi connectivity index (χ2n) is 6.25. The summed E-state index contributed by atoms with van der Waals surface area (Å²) in [7, 11) is 0. The van der Waals surface area contributed by atoms with Crippen LogP contribution in [0.4, 0.5) is 0 Å². The van der Waals surface area contributed by atoms with Crippen molar-refractivity contribution < 1.29 is 4.79 Å². The van der Waals surface area contributed by atoms with Gasteiger partial charge in [-0.3, -0.25) is 4.79 Å². The number of carbonyl (C=O) groups is 1. The summed E-state index contributed by atoms with van der Waals surface area (Å²) in [5.74, 6) is 0.685. The fourth-order valence-electron chi connectivity index (χ4n) is 3.18. The molecule has 0 aromatic heterocycles. The van der Waals surface area contributed by atoms with Crippen molar-refractivity contribution in [2.45, 2.75) is 57.5 Å². The van der Waals surface area contributed by atoms with Gasteiger partial charge in [-0.05, 0) is 43.1 Å². The number of hydrogen-bond acceptors (Lipinski definition) is 2. The van der Waals surface area contributed by atoms with E-state index in [1.165, 1.54) is 18.4 Å². The number of nitrogens with one attached hydrogen (secondary N) is 1. The van der Waals surface area contributed by atoms with Crippen LogP contribution in [-0.4, -0.2) is 18.0 Å². The van der Waals surface area contributed by atoms with Crippen LogP contribution in [0.5, 0.6) is 0 Å². The second-order valence-corrected chi connectivity index (χ2v) is 6.25. The number of carbonyl (C=O) groups excluding carboxylic acids is 1. The van der Waals surface area contributed by atoms with Crippen molar-refractivity contribution >= 4 is 5.91 Å². The van der Waals surface area contributed by atoms with Crippen LogP contribution in [0.3, 0.4) is 0 Å². The van der Waals surface area contributed by atoms with E-state index in [1.54, 1.807) is 0 Å². The molecule has 1 atom stereocenters. The van der Waals surface area contributed by atoms with E-state index in [4.69, 9.17) is 5.73 Å². The highest BCUT2D eigenvalue weighted by molar-refractivity contribution is 5.80. The fourth-order valence-corrected chi connectivity index (χ4v) is 3.18. The molecule has 2 rings (SSSR count). The Morgan fingerprint density at radius 3 is 2.25 bits per heavy atom. The fraction of sp³-hybridized carbons (Fsp3) is 0.588. The summed E-state index contributed by atoms with van der Waals surface area (Å²) in [6.45, 7) is 4.08. The minimum atomic E-state index is -0.231. The summed E-state index contributed by atoms with van der Waals surface area (Å²) in [5, 5.41) is 3.45. The van der Waals surface area contributed by atoms with E-state index in [0.29, 0.717) is 12.0 Å². The van der Waals surface area contributed by atoms with Crippen molar-refractivity contribution in [1.82, 2.24) is 5.32 Å². The number of amides is 1. The molecular weight excluding hydrogens is 248 g/mol. The number of primary amides is 1. The van der Waals surface area contributed by atoms with Crippen molar-refractivity contribution in [3.8, 4) is 0 Å². The summed E-state index contributed by atoms with van der Waals surface area (Å²) >= 11 is 0. The Morgan fingerprint density at radius 1 is 1.15 bits per heavy atom. The van der Waals surface area contributed by atoms with Gasteiger partial charge in [-0.2, -0.15) is 0 Å². The predicted octanol–water partition coefficient (Wildman–Crippen LogP) is 2.81. The van der Waals surface area contributed by atoms with Crippen molar-refractivity contribution in [1.29, 1.82) is 0 Å². The molecule has 0 bridgehead atoms. The molecular formula is C17H26N2O. The van der Waals surface area contributed by atoms with Gasteiger partial charge in [0, 0.05) is 6.04 Å². The predicted molar refractivity (Wildman–Crippen MR) is 82.4 cm³/mol. The Bertz CT molecular complexity index is 422. The zero-order valence-corrected chi connectivity index (χ0v) is 12.5. The maximum Gasteiger partial charge on any atom is 0.234 e. The van der Waals surface area contributed by atoms with Crippen molar-refractivity contribution in [2.75, 3.05) is 0 Å². The standard InChI is InChI=1S/C17H26N2O/c1-12(2)16(17(18)20)19-15-10-8-14(9-11-15)13-6-4-3-5-7-13/h3-7,12,14-16,19H,8-11H2,1-2H3,(H2,18,20). The Hall–Kier alpha value is -1.35. The minimum Gasteiger partial charge on any atom is -0.368 e. The van der Waals surface area contributed by atoms with Crippen LogP contribution in [0.2, 0.25) is 0 Å². The molecule has 3 N–H and O–H groups in total. The summed E-state index contributed by atoms with van der Waals surface area (Å²) in [4.78, 5) is 11.5. The van der Waals surface area contributed by atoms with E-state index in [-0.39, 0.29) is 17.9 Å². The first-order valence-corrected chi connectivity index (χ1v) is 7.68. The van der Waals surface area contributed by atoms with Gasteiger partial charge in [0.25, 0.3) is 0 Å². The third-order valence-corrected chi connectivity index (χ3v) is 4.39. The van der Waals surface area contributed by atoms with Crippen molar-refractivity contribution in [3.63, 3.8) is 0 Å². The molecule has 0 spiro atoms.